The zero-order valence-electron chi connectivity index (χ0n) is 15.5. The molecule has 0 bridgehead atoms. The van der Waals surface area contributed by atoms with Gasteiger partial charge in [-0.1, -0.05) is 12.1 Å². The maximum atomic E-state index is 4.77. The summed E-state index contributed by atoms with van der Waals surface area (Å²) in [6, 6.07) is 10.1. The number of aryl methyl sites for hydroxylation is 1. The van der Waals surface area contributed by atoms with Crippen molar-refractivity contribution in [1.29, 1.82) is 0 Å². The maximum Gasteiger partial charge on any atom is 0.228 e. The first-order chi connectivity index (χ1) is 13.3. The summed E-state index contributed by atoms with van der Waals surface area (Å²) in [5, 5.41) is 3.25. The third-order valence-electron chi connectivity index (χ3n) is 4.97. The van der Waals surface area contributed by atoms with Crippen LogP contribution in [0.3, 0.4) is 0 Å². The molecule has 6 heteroatoms. The number of nitrogens with zero attached hydrogens (tertiary/aromatic N) is 5. The van der Waals surface area contributed by atoms with Gasteiger partial charge in [0.25, 0.3) is 0 Å². The van der Waals surface area contributed by atoms with Gasteiger partial charge in [0.15, 0.2) is 0 Å². The molecule has 138 valence electrons. The van der Waals surface area contributed by atoms with Gasteiger partial charge >= 0.3 is 0 Å². The van der Waals surface area contributed by atoms with Gasteiger partial charge < -0.3 is 5.32 Å². The molecule has 0 aromatic carbocycles. The lowest BCUT2D eigenvalue weighted by molar-refractivity contribution is 0.198. The smallest absolute Gasteiger partial charge is 0.228 e. The number of likely N-dealkylation sites (tertiary alicyclic amines) is 1. The summed E-state index contributed by atoms with van der Waals surface area (Å²) in [4.78, 5) is 20.2. The molecule has 0 aliphatic carbocycles. The predicted octanol–water partition coefficient (Wildman–Crippen LogP) is 3.70. The van der Waals surface area contributed by atoms with Crippen molar-refractivity contribution in [3.8, 4) is 0 Å². The average Bonchev–Trinajstić information content (AvgIpc) is 2.71. The molecule has 1 aliphatic heterocycles. The molecule has 1 aliphatic rings. The molecule has 0 amide bonds. The Balaban J connectivity index is 1.45. The molecule has 4 heterocycles. The Bertz CT molecular complexity index is 883. The molecule has 1 atom stereocenters. The Kier molecular flexibility index (Phi) is 5.34. The summed E-state index contributed by atoms with van der Waals surface area (Å²) in [7, 11) is 0. The fourth-order valence-electron chi connectivity index (χ4n) is 3.57. The summed E-state index contributed by atoms with van der Waals surface area (Å²) in [5.41, 5.74) is 3.43. The first kappa shape index (κ1) is 17.5. The Labute approximate surface area is 159 Å². The van der Waals surface area contributed by atoms with Gasteiger partial charge in [0, 0.05) is 43.8 Å². The molecule has 4 rings (SSSR count). The lowest BCUT2D eigenvalue weighted by Gasteiger charge is -2.32. The zero-order valence-corrected chi connectivity index (χ0v) is 15.5. The van der Waals surface area contributed by atoms with Crippen molar-refractivity contribution < 1.29 is 0 Å². The van der Waals surface area contributed by atoms with Gasteiger partial charge in [-0.15, -0.1) is 0 Å². The SMILES string of the molecule is Cc1cccnc1Nc1nccc([C@@H]2CCCN(Cc3cccnc3)C2)n1. The molecule has 0 unspecified atom stereocenters. The van der Waals surface area contributed by atoms with Crippen molar-refractivity contribution in [2.24, 2.45) is 0 Å². The fraction of sp³-hybridized carbons (Fsp3) is 0.333. The van der Waals surface area contributed by atoms with Crippen LogP contribution in [0, 0.1) is 6.92 Å². The number of piperidine rings is 1. The minimum Gasteiger partial charge on any atom is -0.309 e. The summed E-state index contributed by atoms with van der Waals surface area (Å²) in [6.45, 7) is 5.09. The van der Waals surface area contributed by atoms with Gasteiger partial charge in [0.2, 0.25) is 5.95 Å². The van der Waals surface area contributed by atoms with E-state index in [0.717, 1.165) is 43.1 Å². The van der Waals surface area contributed by atoms with Gasteiger partial charge in [-0.2, -0.15) is 0 Å². The first-order valence-corrected chi connectivity index (χ1v) is 9.41. The van der Waals surface area contributed by atoms with E-state index in [9.17, 15) is 0 Å². The molecule has 3 aromatic heterocycles. The zero-order chi connectivity index (χ0) is 18.5. The van der Waals surface area contributed by atoms with Crippen LogP contribution >= 0.6 is 0 Å². The lowest BCUT2D eigenvalue weighted by Crippen LogP contribution is -2.34. The van der Waals surface area contributed by atoms with E-state index in [1.54, 1.807) is 6.20 Å². The topological polar surface area (TPSA) is 66.8 Å². The van der Waals surface area contributed by atoms with Crippen molar-refractivity contribution >= 4 is 11.8 Å². The Morgan fingerprint density at radius 1 is 1.11 bits per heavy atom. The molecule has 1 N–H and O–H groups in total. The molecule has 3 aromatic rings. The molecule has 27 heavy (non-hydrogen) atoms. The van der Waals surface area contributed by atoms with Crippen molar-refractivity contribution in [3.05, 3.63) is 71.9 Å². The van der Waals surface area contributed by atoms with Crippen LogP contribution < -0.4 is 5.32 Å². The van der Waals surface area contributed by atoms with Gasteiger partial charge in [-0.05, 0) is 55.6 Å². The molecule has 6 nitrogen and oxygen atoms in total. The second-order valence-corrected chi connectivity index (χ2v) is 7.03. The standard InChI is InChI=1S/C21H24N6/c1-16-5-2-10-23-20(16)26-21-24-11-8-19(25-21)18-7-4-12-27(15-18)14-17-6-3-9-22-13-17/h2-3,5-6,8-11,13,18H,4,7,12,14-15H2,1H3,(H,23,24,25,26)/t18-/m1/s1. The highest BCUT2D eigenvalue weighted by Crippen LogP contribution is 2.27. The van der Waals surface area contributed by atoms with E-state index in [2.05, 4.69) is 31.2 Å². The summed E-state index contributed by atoms with van der Waals surface area (Å²) >= 11 is 0. The minimum absolute atomic E-state index is 0.420. The Morgan fingerprint density at radius 3 is 2.89 bits per heavy atom. The lowest BCUT2D eigenvalue weighted by atomic mass is 9.94. The van der Waals surface area contributed by atoms with Gasteiger partial charge in [0.05, 0.1) is 5.69 Å². The number of rotatable bonds is 5. The highest BCUT2D eigenvalue weighted by Gasteiger charge is 2.23. The van der Waals surface area contributed by atoms with Crippen LogP contribution in [0.2, 0.25) is 0 Å². The minimum atomic E-state index is 0.420. The number of nitrogens with one attached hydrogen (secondary N) is 1. The van der Waals surface area contributed by atoms with Crippen LogP contribution in [0.1, 0.15) is 35.6 Å². The van der Waals surface area contributed by atoms with E-state index in [-0.39, 0.29) is 0 Å². The molecule has 1 saturated heterocycles. The Morgan fingerprint density at radius 2 is 2.04 bits per heavy atom. The van der Waals surface area contributed by atoms with Crippen molar-refractivity contribution in [2.75, 3.05) is 18.4 Å². The van der Waals surface area contributed by atoms with Crippen molar-refractivity contribution in [2.45, 2.75) is 32.2 Å². The van der Waals surface area contributed by atoms with Gasteiger partial charge in [0.1, 0.15) is 5.82 Å². The number of hydrogen-bond acceptors (Lipinski definition) is 6. The second kappa shape index (κ2) is 8.22. The first-order valence-electron chi connectivity index (χ1n) is 9.41. The van der Waals surface area contributed by atoms with Crippen LogP contribution in [0.5, 0.6) is 0 Å². The van der Waals surface area contributed by atoms with Crippen LogP contribution in [-0.4, -0.2) is 37.9 Å². The number of anilines is 2. The summed E-state index contributed by atoms with van der Waals surface area (Å²) in [6.07, 6.45) is 9.71. The largest absolute Gasteiger partial charge is 0.309 e. The normalized spacial score (nSPS) is 17.6. The van der Waals surface area contributed by atoms with E-state index in [1.807, 2.05) is 49.8 Å². The van der Waals surface area contributed by atoms with E-state index in [1.165, 1.54) is 12.0 Å². The third kappa shape index (κ3) is 4.46. The predicted molar refractivity (Wildman–Crippen MR) is 106 cm³/mol. The molecule has 0 radical (unpaired) electrons. The van der Waals surface area contributed by atoms with E-state index < -0.39 is 0 Å². The van der Waals surface area contributed by atoms with Gasteiger partial charge in [-0.3, -0.25) is 9.88 Å². The van der Waals surface area contributed by atoms with Crippen LogP contribution in [0.25, 0.3) is 0 Å². The van der Waals surface area contributed by atoms with Gasteiger partial charge in [-0.25, -0.2) is 15.0 Å². The number of aromatic nitrogens is 4. The summed E-state index contributed by atoms with van der Waals surface area (Å²) in [5.74, 6) is 1.83. The third-order valence-corrected chi connectivity index (χ3v) is 4.97. The second-order valence-electron chi connectivity index (χ2n) is 7.03. The van der Waals surface area contributed by atoms with Crippen LogP contribution in [0.4, 0.5) is 11.8 Å². The van der Waals surface area contributed by atoms with Crippen LogP contribution in [-0.2, 0) is 6.54 Å². The summed E-state index contributed by atoms with van der Waals surface area (Å²) < 4.78 is 0. The highest BCUT2D eigenvalue weighted by molar-refractivity contribution is 5.52. The quantitative estimate of drug-likeness (QED) is 0.748. The fourth-order valence-corrected chi connectivity index (χ4v) is 3.57. The molecular formula is C21H24N6. The van der Waals surface area contributed by atoms with E-state index >= 15 is 0 Å². The molecule has 0 spiro atoms. The molecule has 0 saturated carbocycles. The molecule has 1 fully saturated rings. The monoisotopic (exact) mass is 360 g/mol. The molecular weight excluding hydrogens is 336 g/mol. The van der Waals surface area contributed by atoms with Crippen molar-refractivity contribution in [1.82, 2.24) is 24.8 Å². The van der Waals surface area contributed by atoms with Crippen molar-refractivity contribution in [3.63, 3.8) is 0 Å². The maximum absolute atomic E-state index is 4.77. The number of hydrogen-bond donors (Lipinski definition) is 1. The van der Waals surface area contributed by atoms with E-state index in [4.69, 9.17) is 4.98 Å². The highest BCUT2D eigenvalue weighted by atomic mass is 15.2. The number of pyridine rings is 2. The van der Waals surface area contributed by atoms with E-state index in [0.29, 0.717) is 11.9 Å². The van der Waals surface area contributed by atoms with Crippen LogP contribution in [0.15, 0.2) is 55.1 Å². The Hall–Kier alpha value is -2.86. The average molecular weight is 360 g/mol.